The zero-order valence-corrected chi connectivity index (χ0v) is 19.1. The van der Waals surface area contributed by atoms with Crippen molar-refractivity contribution in [2.45, 2.75) is 38.6 Å². The molecule has 0 radical (unpaired) electrons. The van der Waals surface area contributed by atoms with Crippen LogP contribution in [0.25, 0.3) is 21.6 Å². The Morgan fingerprint density at radius 1 is 1.09 bits per heavy atom. The highest BCUT2D eigenvalue weighted by Crippen LogP contribution is 2.44. The Labute approximate surface area is 191 Å². The van der Waals surface area contributed by atoms with E-state index < -0.39 is 0 Å². The SMILES string of the molecule is CCc1cc(C2CC2)cc(N2CCN(Cc3nc4ccccc4s3)CC2)c1-c1nn[nH]n1. The van der Waals surface area contributed by atoms with Crippen LogP contribution in [0.3, 0.4) is 0 Å². The molecule has 2 aliphatic rings. The van der Waals surface area contributed by atoms with Crippen LogP contribution < -0.4 is 4.90 Å². The van der Waals surface area contributed by atoms with Gasteiger partial charge in [0.05, 0.1) is 16.8 Å². The lowest BCUT2D eigenvalue weighted by Gasteiger charge is -2.37. The predicted octanol–water partition coefficient (Wildman–Crippen LogP) is 4.24. The molecule has 1 N–H and O–H groups in total. The number of aryl methyl sites for hydroxylation is 1. The highest BCUT2D eigenvalue weighted by Gasteiger charge is 2.29. The molecule has 0 bridgehead atoms. The Balaban J connectivity index is 1.24. The minimum Gasteiger partial charge on any atom is -0.368 e. The summed E-state index contributed by atoms with van der Waals surface area (Å²) in [5.41, 5.74) is 6.32. The lowest BCUT2D eigenvalue weighted by atomic mass is 9.96. The minimum absolute atomic E-state index is 0.705. The molecule has 1 aliphatic heterocycles. The maximum atomic E-state index is 4.83. The third kappa shape index (κ3) is 3.78. The summed E-state index contributed by atoms with van der Waals surface area (Å²) < 4.78 is 1.27. The first-order valence-electron chi connectivity index (χ1n) is 11.5. The highest BCUT2D eigenvalue weighted by molar-refractivity contribution is 7.18. The number of aromatic amines is 1. The number of nitrogens with one attached hydrogen (secondary N) is 1. The van der Waals surface area contributed by atoms with Gasteiger partial charge in [0.1, 0.15) is 5.01 Å². The van der Waals surface area contributed by atoms with Crippen molar-refractivity contribution in [2.75, 3.05) is 31.1 Å². The second kappa shape index (κ2) is 8.26. The van der Waals surface area contributed by atoms with Crippen molar-refractivity contribution in [3.8, 4) is 11.4 Å². The predicted molar refractivity (Wildman–Crippen MR) is 128 cm³/mol. The number of hydrogen-bond donors (Lipinski definition) is 1. The lowest BCUT2D eigenvalue weighted by molar-refractivity contribution is 0.250. The van der Waals surface area contributed by atoms with Crippen molar-refractivity contribution in [1.29, 1.82) is 0 Å². The van der Waals surface area contributed by atoms with E-state index in [1.807, 2.05) is 11.3 Å². The third-order valence-corrected chi connectivity index (χ3v) is 7.65. The summed E-state index contributed by atoms with van der Waals surface area (Å²) in [6, 6.07) is 13.2. The Bertz CT molecular complexity index is 1190. The fourth-order valence-corrected chi connectivity index (χ4v) is 5.75. The summed E-state index contributed by atoms with van der Waals surface area (Å²) in [6.45, 7) is 7.18. The van der Waals surface area contributed by atoms with E-state index in [0.29, 0.717) is 5.82 Å². The van der Waals surface area contributed by atoms with E-state index in [9.17, 15) is 0 Å². The number of tetrazole rings is 1. The van der Waals surface area contributed by atoms with Crippen molar-refractivity contribution < 1.29 is 0 Å². The number of H-pyrrole nitrogens is 1. The first-order chi connectivity index (χ1) is 15.8. The maximum absolute atomic E-state index is 4.83. The molecule has 164 valence electrons. The van der Waals surface area contributed by atoms with E-state index in [-0.39, 0.29) is 0 Å². The topological polar surface area (TPSA) is 73.8 Å². The van der Waals surface area contributed by atoms with Gasteiger partial charge < -0.3 is 4.90 Å². The molecule has 1 saturated carbocycles. The Morgan fingerprint density at radius 3 is 2.66 bits per heavy atom. The van der Waals surface area contributed by atoms with Crippen LogP contribution in [0.2, 0.25) is 0 Å². The summed E-state index contributed by atoms with van der Waals surface area (Å²) in [7, 11) is 0. The fourth-order valence-electron chi connectivity index (χ4n) is 4.74. The molecular weight excluding hydrogens is 418 g/mol. The van der Waals surface area contributed by atoms with Crippen LogP contribution in [0.4, 0.5) is 5.69 Å². The molecule has 0 amide bonds. The van der Waals surface area contributed by atoms with Crippen LogP contribution in [0.1, 0.15) is 41.8 Å². The number of fused-ring (bicyclic) bond motifs is 1. The van der Waals surface area contributed by atoms with E-state index in [2.05, 4.69) is 73.7 Å². The van der Waals surface area contributed by atoms with E-state index in [1.54, 1.807) is 0 Å². The van der Waals surface area contributed by atoms with Crippen LogP contribution in [-0.2, 0) is 13.0 Å². The molecule has 1 aliphatic carbocycles. The zero-order chi connectivity index (χ0) is 21.5. The zero-order valence-electron chi connectivity index (χ0n) is 18.3. The molecule has 0 atom stereocenters. The number of rotatable bonds is 6. The van der Waals surface area contributed by atoms with Gasteiger partial charge in [-0.3, -0.25) is 4.90 Å². The lowest BCUT2D eigenvalue weighted by Crippen LogP contribution is -2.46. The number of anilines is 1. The van der Waals surface area contributed by atoms with Gasteiger partial charge >= 0.3 is 0 Å². The second-order valence-electron chi connectivity index (χ2n) is 8.78. The molecule has 32 heavy (non-hydrogen) atoms. The highest BCUT2D eigenvalue weighted by atomic mass is 32.1. The van der Waals surface area contributed by atoms with Gasteiger partial charge in [-0.05, 0) is 59.7 Å². The summed E-state index contributed by atoms with van der Waals surface area (Å²) in [6.07, 6.45) is 3.58. The molecule has 2 aromatic heterocycles. The molecule has 7 nitrogen and oxygen atoms in total. The average molecular weight is 446 g/mol. The van der Waals surface area contributed by atoms with Gasteiger partial charge in [-0.15, -0.1) is 21.5 Å². The number of nitrogens with zero attached hydrogens (tertiary/aromatic N) is 6. The molecule has 2 aromatic carbocycles. The molecular formula is C24H27N7S. The molecule has 4 aromatic rings. The van der Waals surface area contributed by atoms with Crippen molar-refractivity contribution in [2.24, 2.45) is 0 Å². The van der Waals surface area contributed by atoms with Crippen LogP contribution in [0.5, 0.6) is 0 Å². The van der Waals surface area contributed by atoms with Gasteiger partial charge in [0.15, 0.2) is 0 Å². The number of piperazine rings is 1. The summed E-state index contributed by atoms with van der Waals surface area (Å²) in [4.78, 5) is 9.87. The summed E-state index contributed by atoms with van der Waals surface area (Å²) in [5.74, 6) is 1.43. The third-order valence-electron chi connectivity index (χ3n) is 6.63. The van der Waals surface area contributed by atoms with E-state index in [0.717, 1.165) is 56.1 Å². The van der Waals surface area contributed by atoms with Crippen LogP contribution in [0, 0.1) is 0 Å². The van der Waals surface area contributed by atoms with Gasteiger partial charge in [-0.2, -0.15) is 5.21 Å². The molecule has 3 heterocycles. The number of benzene rings is 2. The maximum Gasteiger partial charge on any atom is 0.207 e. The summed E-state index contributed by atoms with van der Waals surface area (Å²) >= 11 is 1.81. The number of para-hydroxylation sites is 1. The molecule has 1 saturated heterocycles. The molecule has 8 heteroatoms. The van der Waals surface area contributed by atoms with E-state index in [4.69, 9.17) is 4.98 Å². The van der Waals surface area contributed by atoms with Gasteiger partial charge in [0.25, 0.3) is 0 Å². The quantitative estimate of drug-likeness (QED) is 0.479. The number of hydrogen-bond acceptors (Lipinski definition) is 7. The number of aromatic nitrogens is 5. The Hall–Kier alpha value is -2.84. The Kier molecular flexibility index (Phi) is 5.11. The monoisotopic (exact) mass is 445 g/mol. The van der Waals surface area contributed by atoms with Crippen molar-refractivity contribution in [3.63, 3.8) is 0 Å². The molecule has 2 fully saturated rings. The van der Waals surface area contributed by atoms with Gasteiger partial charge in [-0.25, -0.2) is 4.98 Å². The largest absolute Gasteiger partial charge is 0.368 e. The second-order valence-corrected chi connectivity index (χ2v) is 9.89. The van der Waals surface area contributed by atoms with Crippen LogP contribution in [-0.4, -0.2) is 56.7 Å². The minimum atomic E-state index is 0.705. The van der Waals surface area contributed by atoms with Crippen molar-refractivity contribution >= 4 is 27.2 Å². The van der Waals surface area contributed by atoms with Gasteiger partial charge in [0.2, 0.25) is 5.82 Å². The van der Waals surface area contributed by atoms with Crippen molar-refractivity contribution in [3.05, 3.63) is 52.5 Å². The van der Waals surface area contributed by atoms with Gasteiger partial charge in [-0.1, -0.05) is 25.1 Å². The standard InChI is InChI=1S/C24H27N7S/c1-2-16-13-18(17-7-8-17)14-20(23(16)24-26-28-29-27-24)31-11-9-30(10-12-31)15-22-25-19-5-3-4-6-21(19)32-22/h3-6,13-14,17H,2,7-12,15H2,1H3,(H,26,27,28,29). The average Bonchev–Trinajstić information content (AvgIpc) is 3.38. The van der Waals surface area contributed by atoms with Crippen LogP contribution >= 0.6 is 11.3 Å². The van der Waals surface area contributed by atoms with Crippen molar-refractivity contribution in [1.82, 2.24) is 30.5 Å². The normalized spacial score (nSPS) is 17.3. The first kappa shape index (κ1) is 19.8. The fraction of sp³-hybridized carbons (Fsp3) is 0.417. The molecule has 6 rings (SSSR count). The summed E-state index contributed by atoms with van der Waals surface area (Å²) in [5, 5.41) is 16.4. The van der Waals surface area contributed by atoms with Crippen LogP contribution in [0.15, 0.2) is 36.4 Å². The van der Waals surface area contributed by atoms with E-state index in [1.165, 1.54) is 39.4 Å². The molecule has 0 unspecified atom stereocenters. The Morgan fingerprint density at radius 2 is 1.94 bits per heavy atom. The number of thiazole rings is 1. The van der Waals surface area contributed by atoms with Gasteiger partial charge in [0, 0.05) is 37.4 Å². The van der Waals surface area contributed by atoms with E-state index >= 15 is 0 Å². The first-order valence-corrected chi connectivity index (χ1v) is 12.3. The smallest absolute Gasteiger partial charge is 0.207 e. The molecule has 0 spiro atoms.